The van der Waals surface area contributed by atoms with Crippen LogP contribution >= 0.6 is 23.2 Å². The van der Waals surface area contributed by atoms with Crippen molar-refractivity contribution in [2.24, 2.45) is 5.16 Å². The van der Waals surface area contributed by atoms with Crippen LogP contribution in [0.5, 0.6) is 0 Å². The van der Waals surface area contributed by atoms with Gasteiger partial charge in [0.2, 0.25) is 5.82 Å². The van der Waals surface area contributed by atoms with Crippen molar-refractivity contribution in [2.45, 2.75) is 13.5 Å². The summed E-state index contributed by atoms with van der Waals surface area (Å²) in [5.74, 6) is 0.816. The molecule has 0 spiro atoms. The molecule has 0 unspecified atom stereocenters. The molecule has 0 amide bonds. The molecule has 1 aromatic heterocycles. The fourth-order valence-electron chi connectivity index (χ4n) is 1.96. The second-order valence-electron chi connectivity index (χ2n) is 4.98. The van der Waals surface area contributed by atoms with Gasteiger partial charge in [0.25, 0.3) is 5.89 Å². The minimum atomic E-state index is 0.0888. The molecule has 0 N–H and O–H groups in total. The van der Waals surface area contributed by atoms with Gasteiger partial charge in [-0.1, -0.05) is 45.6 Å². The largest absolute Gasteiger partial charge is 0.385 e. The first-order valence-electron chi connectivity index (χ1n) is 7.13. The monoisotopic (exact) mass is 361 g/mol. The first-order valence-corrected chi connectivity index (χ1v) is 7.88. The SMILES string of the molecule is CC(=NOCc1nc(-c2ccc(Cl)cc2)no1)c1ccc(Cl)cc1. The normalized spacial score (nSPS) is 11.5. The highest BCUT2D eigenvalue weighted by Gasteiger charge is 2.09. The Morgan fingerprint density at radius 3 is 2.33 bits per heavy atom. The van der Waals surface area contributed by atoms with Gasteiger partial charge in [-0.25, -0.2) is 0 Å². The number of oxime groups is 1. The molecule has 0 aliphatic rings. The number of hydrogen-bond donors (Lipinski definition) is 0. The second kappa shape index (κ2) is 7.47. The Bertz CT molecular complexity index is 843. The van der Waals surface area contributed by atoms with Crippen LogP contribution < -0.4 is 0 Å². The number of nitrogens with zero attached hydrogens (tertiary/aromatic N) is 3. The summed E-state index contributed by atoms with van der Waals surface area (Å²) in [6.07, 6.45) is 0. The molecular formula is C17H13Cl2N3O2. The van der Waals surface area contributed by atoms with Gasteiger partial charge in [0.15, 0.2) is 6.61 Å². The van der Waals surface area contributed by atoms with Gasteiger partial charge >= 0.3 is 0 Å². The van der Waals surface area contributed by atoms with Crippen molar-refractivity contribution >= 4 is 28.9 Å². The van der Waals surface area contributed by atoms with Gasteiger partial charge in [-0.3, -0.25) is 0 Å². The van der Waals surface area contributed by atoms with Crippen LogP contribution in [0, 0.1) is 0 Å². The molecule has 1 heterocycles. The van der Waals surface area contributed by atoms with E-state index in [0.717, 1.165) is 16.8 Å². The first-order chi connectivity index (χ1) is 11.6. The van der Waals surface area contributed by atoms with E-state index >= 15 is 0 Å². The molecule has 24 heavy (non-hydrogen) atoms. The first kappa shape index (κ1) is 16.5. The van der Waals surface area contributed by atoms with E-state index in [4.69, 9.17) is 32.6 Å². The lowest BCUT2D eigenvalue weighted by molar-refractivity contribution is 0.105. The summed E-state index contributed by atoms with van der Waals surface area (Å²) in [5.41, 5.74) is 2.46. The highest BCUT2D eigenvalue weighted by molar-refractivity contribution is 6.30. The molecule has 0 bridgehead atoms. The number of halogens is 2. The number of benzene rings is 2. The standard InChI is InChI=1S/C17H13Cl2N3O2/c1-11(12-2-6-14(18)7-3-12)21-23-10-16-20-17(22-24-16)13-4-8-15(19)9-5-13/h2-9H,10H2,1H3. The maximum Gasteiger partial charge on any atom is 0.267 e. The van der Waals surface area contributed by atoms with E-state index in [1.54, 1.807) is 24.3 Å². The van der Waals surface area contributed by atoms with E-state index in [1.165, 1.54) is 0 Å². The molecule has 7 heteroatoms. The zero-order valence-corrected chi connectivity index (χ0v) is 14.3. The van der Waals surface area contributed by atoms with Gasteiger partial charge in [-0.15, -0.1) is 0 Å². The topological polar surface area (TPSA) is 60.5 Å². The summed E-state index contributed by atoms with van der Waals surface area (Å²) in [5, 5.41) is 9.28. The zero-order chi connectivity index (χ0) is 16.9. The fourth-order valence-corrected chi connectivity index (χ4v) is 2.21. The van der Waals surface area contributed by atoms with Crippen LogP contribution in [-0.4, -0.2) is 15.9 Å². The van der Waals surface area contributed by atoms with Gasteiger partial charge in [0.05, 0.1) is 5.71 Å². The van der Waals surface area contributed by atoms with Crippen molar-refractivity contribution in [3.05, 3.63) is 70.0 Å². The molecule has 0 atom stereocenters. The lowest BCUT2D eigenvalue weighted by Crippen LogP contribution is -1.96. The van der Waals surface area contributed by atoms with Crippen molar-refractivity contribution in [1.29, 1.82) is 0 Å². The van der Waals surface area contributed by atoms with E-state index in [1.807, 2.05) is 31.2 Å². The molecule has 0 radical (unpaired) electrons. The highest BCUT2D eigenvalue weighted by atomic mass is 35.5. The van der Waals surface area contributed by atoms with Crippen LogP contribution in [0.1, 0.15) is 18.4 Å². The Hall–Kier alpha value is -2.37. The predicted octanol–water partition coefficient (Wildman–Crippen LogP) is 4.98. The minimum absolute atomic E-state index is 0.0888. The summed E-state index contributed by atoms with van der Waals surface area (Å²) in [6, 6.07) is 14.5. The molecular weight excluding hydrogens is 349 g/mol. The van der Waals surface area contributed by atoms with Gasteiger partial charge in [-0.05, 0) is 48.9 Å². The Labute approximate surface area is 148 Å². The summed E-state index contributed by atoms with van der Waals surface area (Å²) in [7, 11) is 0. The maximum atomic E-state index is 5.86. The van der Waals surface area contributed by atoms with Crippen molar-refractivity contribution in [1.82, 2.24) is 10.1 Å². The highest BCUT2D eigenvalue weighted by Crippen LogP contribution is 2.19. The molecule has 0 aliphatic carbocycles. The number of hydrogen-bond acceptors (Lipinski definition) is 5. The van der Waals surface area contributed by atoms with E-state index < -0.39 is 0 Å². The lowest BCUT2D eigenvalue weighted by atomic mass is 10.1. The van der Waals surface area contributed by atoms with Crippen molar-refractivity contribution in [3.63, 3.8) is 0 Å². The summed E-state index contributed by atoms with van der Waals surface area (Å²) in [6.45, 7) is 1.93. The molecule has 3 rings (SSSR count). The van der Waals surface area contributed by atoms with Crippen LogP contribution in [-0.2, 0) is 11.4 Å². The van der Waals surface area contributed by atoms with E-state index in [9.17, 15) is 0 Å². The quantitative estimate of drug-likeness (QED) is 0.474. The van der Waals surface area contributed by atoms with Gasteiger partial charge in [0.1, 0.15) is 0 Å². The third-order valence-corrected chi connectivity index (χ3v) is 3.73. The summed E-state index contributed by atoms with van der Waals surface area (Å²) < 4.78 is 5.15. The number of aromatic nitrogens is 2. The van der Waals surface area contributed by atoms with Crippen LogP contribution in [0.3, 0.4) is 0 Å². The molecule has 3 aromatic rings. The van der Waals surface area contributed by atoms with E-state index in [0.29, 0.717) is 21.8 Å². The van der Waals surface area contributed by atoms with Gasteiger partial charge in [0, 0.05) is 15.6 Å². The van der Waals surface area contributed by atoms with Crippen molar-refractivity contribution in [3.8, 4) is 11.4 Å². The van der Waals surface area contributed by atoms with E-state index in [2.05, 4.69) is 15.3 Å². The second-order valence-corrected chi connectivity index (χ2v) is 5.85. The third-order valence-electron chi connectivity index (χ3n) is 3.22. The Morgan fingerprint density at radius 1 is 1.04 bits per heavy atom. The van der Waals surface area contributed by atoms with Gasteiger partial charge < -0.3 is 9.36 Å². The summed E-state index contributed by atoms with van der Waals surface area (Å²) in [4.78, 5) is 9.53. The molecule has 122 valence electrons. The molecule has 0 fully saturated rings. The van der Waals surface area contributed by atoms with Crippen LogP contribution in [0.4, 0.5) is 0 Å². The number of rotatable bonds is 5. The Morgan fingerprint density at radius 2 is 1.67 bits per heavy atom. The van der Waals surface area contributed by atoms with Crippen LogP contribution in [0.15, 0.2) is 58.2 Å². The smallest absolute Gasteiger partial charge is 0.267 e. The molecule has 0 saturated carbocycles. The van der Waals surface area contributed by atoms with Crippen LogP contribution in [0.2, 0.25) is 10.0 Å². The maximum absolute atomic E-state index is 5.86. The predicted molar refractivity (Wildman–Crippen MR) is 93.2 cm³/mol. The van der Waals surface area contributed by atoms with Crippen LogP contribution in [0.25, 0.3) is 11.4 Å². The molecule has 0 saturated heterocycles. The lowest BCUT2D eigenvalue weighted by Gasteiger charge is -2.00. The molecule has 5 nitrogen and oxygen atoms in total. The van der Waals surface area contributed by atoms with E-state index in [-0.39, 0.29) is 6.61 Å². The minimum Gasteiger partial charge on any atom is -0.385 e. The average Bonchev–Trinajstić information content (AvgIpc) is 3.05. The molecule has 2 aromatic carbocycles. The Balaban J connectivity index is 1.62. The van der Waals surface area contributed by atoms with Gasteiger partial charge in [-0.2, -0.15) is 4.98 Å². The fraction of sp³-hybridized carbons (Fsp3) is 0.118. The van der Waals surface area contributed by atoms with Crippen molar-refractivity contribution < 1.29 is 9.36 Å². The van der Waals surface area contributed by atoms with Crippen molar-refractivity contribution in [2.75, 3.05) is 0 Å². The summed E-state index contributed by atoms with van der Waals surface area (Å²) >= 11 is 11.7. The zero-order valence-electron chi connectivity index (χ0n) is 12.7. The third kappa shape index (κ3) is 4.13. The Kier molecular flexibility index (Phi) is 5.13. The molecule has 0 aliphatic heterocycles. The average molecular weight is 362 g/mol.